The number of aromatic amines is 1. The number of rotatable bonds is 4. The molecule has 1 unspecified atom stereocenters. The minimum Gasteiger partial charge on any atom is -0.355 e. The summed E-state index contributed by atoms with van der Waals surface area (Å²) < 4.78 is 0. The molecule has 0 saturated carbocycles. The second kappa shape index (κ2) is 7.53. The summed E-state index contributed by atoms with van der Waals surface area (Å²) in [5.74, 6) is 0.581. The van der Waals surface area contributed by atoms with Gasteiger partial charge in [-0.15, -0.1) is 0 Å². The second-order valence-corrected chi connectivity index (χ2v) is 8.22. The van der Waals surface area contributed by atoms with E-state index in [0.717, 1.165) is 44.7 Å². The third kappa shape index (κ3) is 3.49. The molecule has 5 rings (SSSR count). The number of anilines is 1. The molecule has 1 amide bonds. The lowest BCUT2D eigenvalue weighted by atomic mass is 9.97. The monoisotopic (exact) mass is 385 g/mol. The number of para-hydroxylation sites is 2. The topological polar surface area (TPSA) is 39.3 Å². The first-order valence-corrected chi connectivity index (χ1v) is 10.6. The molecule has 2 aliphatic rings. The molecule has 0 bridgehead atoms. The number of carbonyl (C=O) groups is 1. The number of benzene rings is 2. The summed E-state index contributed by atoms with van der Waals surface area (Å²) in [7, 11) is 0. The fourth-order valence-corrected chi connectivity index (χ4v) is 4.78. The molecular formula is C25H27N3O. The molecule has 4 heteroatoms. The maximum absolute atomic E-state index is 12.0. The average molecular weight is 386 g/mol. The highest BCUT2D eigenvalue weighted by Crippen LogP contribution is 2.38. The zero-order chi connectivity index (χ0) is 19.8. The molecule has 29 heavy (non-hydrogen) atoms. The Balaban J connectivity index is 1.23. The van der Waals surface area contributed by atoms with Crippen molar-refractivity contribution >= 4 is 28.1 Å². The Bertz CT molecular complexity index is 1050. The smallest absolute Gasteiger partial charge is 0.223 e. The third-order valence-electron chi connectivity index (χ3n) is 6.41. The van der Waals surface area contributed by atoms with Crippen LogP contribution in [0.25, 0.3) is 16.5 Å². The van der Waals surface area contributed by atoms with Crippen LogP contribution in [0.5, 0.6) is 0 Å². The van der Waals surface area contributed by atoms with Crippen molar-refractivity contribution < 1.29 is 4.79 Å². The Morgan fingerprint density at radius 1 is 1.14 bits per heavy atom. The molecule has 1 atom stereocenters. The van der Waals surface area contributed by atoms with E-state index >= 15 is 0 Å². The minimum atomic E-state index is 0.142. The van der Waals surface area contributed by atoms with E-state index in [0.29, 0.717) is 5.92 Å². The van der Waals surface area contributed by atoms with Crippen molar-refractivity contribution in [2.75, 3.05) is 31.1 Å². The van der Waals surface area contributed by atoms with E-state index in [1.165, 1.54) is 27.7 Å². The van der Waals surface area contributed by atoms with E-state index in [2.05, 4.69) is 64.5 Å². The summed E-state index contributed by atoms with van der Waals surface area (Å²) in [6, 6.07) is 19.1. The number of nitrogens with zero attached hydrogens (tertiary/aromatic N) is 2. The summed E-state index contributed by atoms with van der Waals surface area (Å²) in [6.07, 6.45) is 4.54. The van der Waals surface area contributed by atoms with E-state index in [-0.39, 0.29) is 5.91 Å². The number of nitrogens with one attached hydrogen (secondary N) is 1. The Labute approximate surface area is 171 Å². The molecule has 148 valence electrons. The van der Waals surface area contributed by atoms with Crippen LogP contribution in [0.1, 0.15) is 36.9 Å². The fourth-order valence-electron chi connectivity index (χ4n) is 4.78. The number of aromatic nitrogens is 1. The van der Waals surface area contributed by atoms with Gasteiger partial charge in [0.2, 0.25) is 5.91 Å². The van der Waals surface area contributed by atoms with Gasteiger partial charge in [-0.05, 0) is 54.1 Å². The molecule has 0 saturated heterocycles. The summed E-state index contributed by atoms with van der Waals surface area (Å²) in [6.45, 7) is 5.64. The standard InChI is InChI=1S/C25H27N3O/c1-18(29)28-17-21(22-7-3-5-9-25(22)28)12-15-27-13-10-19(11-14-27)24-16-20-6-2-4-8-23(20)26-24/h2-10,16,21,26H,11-15,17H2,1H3. The van der Waals surface area contributed by atoms with Crippen LogP contribution >= 0.6 is 0 Å². The molecule has 2 aliphatic heterocycles. The quantitative estimate of drug-likeness (QED) is 0.701. The molecule has 4 nitrogen and oxygen atoms in total. The second-order valence-electron chi connectivity index (χ2n) is 8.22. The molecule has 3 heterocycles. The van der Waals surface area contributed by atoms with Crippen LogP contribution in [0.2, 0.25) is 0 Å². The highest BCUT2D eigenvalue weighted by Gasteiger charge is 2.30. The SMILES string of the molecule is CC(=O)N1CC(CCN2CC=C(c3cc4ccccc4[nH]3)CC2)c2ccccc21. The molecule has 0 fully saturated rings. The first-order chi connectivity index (χ1) is 14.2. The maximum atomic E-state index is 12.0. The number of hydrogen-bond acceptors (Lipinski definition) is 2. The van der Waals surface area contributed by atoms with Crippen LogP contribution < -0.4 is 4.90 Å². The van der Waals surface area contributed by atoms with Crippen LogP contribution in [0.4, 0.5) is 5.69 Å². The van der Waals surface area contributed by atoms with Crippen molar-refractivity contribution in [1.29, 1.82) is 0 Å². The lowest BCUT2D eigenvalue weighted by Gasteiger charge is -2.27. The molecule has 0 aliphatic carbocycles. The number of amides is 1. The van der Waals surface area contributed by atoms with E-state index in [9.17, 15) is 4.79 Å². The van der Waals surface area contributed by atoms with Crippen molar-refractivity contribution in [2.45, 2.75) is 25.7 Å². The first kappa shape index (κ1) is 18.2. The number of hydrogen-bond donors (Lipinski definition) is 1. The molecule has 0 radical (unpaired) electrons. The summed E-state index contributed by atoms with van der Waals surface area (Å²) in [5, 5.41) is 1.28. The highest BCUT2D eigenvalue weighted by molar-refractivity contribution is 5.94. The lowest BCUT2D eigenvalue weighted by Crippen LogP contribution is -2.31. The number of carbonyl (C=O) groups excluding carboxylic acids is 1. The lowest BCUT2D eigenvalue weighted by molar-refractivity contribution is -0.116. The molecule has 1 aromatic heterocycles. The van der Waals surface area contributed by atoms with Crippen LogP contribution in [0.3, 0.4) is 0 Å². The van der Waals surface area contributed by atoms with Gasteiger partial charge in [-0.3, -0.25) is 9.69 Å². The summed E-state index contributed by atoms with van der Waals surface area (Å²) in [5.41, 5.74) is 6.32. The average Bonchev–Trinajstić information content (AvgIpc) is 3.34. The van der Waals surface area contributed by atoms with Crippen LogP contribution in [-0.2, 0) is 4.79 Å². The first-order valence-electron chi connectivity index (χ1n) is 10.6. The van der Waals surface area contributed by atoms with Gasteiger partial charge in [0.15, 0.2) is 0 Å². The summed E-state index contributed by atoms with van der Waals surface area (Å²) in [4.78, 5) is 20.0. The van der Waals surface area contributed by atoms with Gasteiger partial charge in [0.1, 0.15) is 0 Å². The van der Waals surface area contributed by atoms with Gasteiger partial charge in [-0.25, -0.2) is 0 Å². The van der Waals surface area contributed by atoms with Crippen molar-refractivity contribution in [1.82, 2.24) is 9.88 Å². The van der Waals surface area contributed by atoms with Gasteiger partial charge in [-0.2, -0.15) is 0 Å². The van der Waals surface area contributed by atoms with Crippen molar-refractivity contribution in [3.8, 4) is 0 Å². The van der Waals surface area contributed by atoms with Gasteiger partial charge < -0.3 is 9.88 Å². The largest absolute Gasteiger partial charge is 0.355 e. The van der Waals surface area contributed by atoms with Gasteiger partial charge in [0.05, 0.1) is 0 Å². The minimum absolute atomic E-state index is 0.142. The van der Waals surface area contributed by atoms with Gasteiger partial charge in [-0.1, -0.05) is 42.5 Å². The third-order valence-corrected chi connectivity index (χ3v) is 6.41. The van der Waals surface area contributed by atoms with Crippen LogP contribution in [-0.4, -0.2) is 42.0 Å². The Kier molecular flexibility index (Phi) is 4.72. The fraction of sp³-hybridized carbons (Fsp3) is 0.320. The predicted molar refractivity (Wildman–Crippen MR) is 119 cm³/mol. The van der Waals surface area contributed by atoms with Crippen LogP contribution in [0.15, 0.2) is 60.7 Å². The molecule has 1 N–H and O–H groups in total. The van der Waals surface area contributed by atoms with Gasteiger partial charge in [0.25, 0.3) is 0 Å². The Morgan fingerprint density at radius 2 is 1.97 bits per heavy atom. The molecule has 2 aromatic carbocycles. The highest BCUT2D eigenvalue weighted by atomic mass is 16.2. The summed E-state index contributed by atoms with van der Waals surface area (Å²) >= 11 is 0. The van der Waals surface area contributed by atoms with Gasteiger partial charge in [0, 0.05) is 49.4 Å². The van der Waals surface area contributed by atoms with E-state index in [1.54, 1.807) is 6.92 Å². The zero-order valence-corrected chi connectivity index (χ0v) is 16.9. The van der Waals surface area contributed by atoms with Crippen molar-refractivity contribution in [2.24, 2.45) is 0 Å². The number of H-pyrrole nitrogens is 1. The zero-order valence-electron chi connectivity index (χ0n) is 16.9. The van der Waals surface area contributed by atoms with E-state index in [4.69, 9.17) is 0 Å². The Hall–Kier alpha value is -2.85. The Morgan fingerprint density at radius 3 is 2.76 bits per heavy atom. The molecule has 3 aromatic rings. The molecule has 0 spiro atoms. The predicted octanol–water partition coefficient (Wildman–Crippen LogP) is 4.80. The number of fused-ring (bicyclic) bond motifs is 2. The van der Waals surface area contributed by atoms with E-state index < -0.39 is 0 Å². The van der Waals surface area contributed by atoms with Crippen LogP contribution in [0, 0.1) is 0 Å². The molecular weight excluding hydrogens is 358 g/mol. The van der Waals surface area contributed by atoms with Gasteiger partial charge >= 0.3 is 0 Å². The van der Waals surface area contributed by atoms with Crippen molar-refractivity contribution in [3.05, 3.63) is 71.9 Å². The van der Waals surface area contributed by atoms with E-state index in [1.807, 2.05) is 11.0 Å². The normalized spacial score (nSPS) is 19.4. The van der Waals surface area contributed by atoms with Crippen molar-refractivity contribution in [3.63, 3.8) is 0 Å². The maximum Gasteiger partial charge on any atom is 0.223 e.